The van der Waals surface area contributed by atoms with E-state index in [0.717, 1.165) is 88.3 Å². The molecule has 6 heteroatoms. The lowest BCUT2D eigenvalue weighted by Crippen LogP contribution is -2.47. The molecule has 3 aliphatic heterocycles. The van der Waals surface area contributed by atoms with Crippen LogP contribution in [0.5, 0.6) is 0 Å². The minimum atomic E-state index is 0.100. The van der Waals surface area contributed by atoms with Crippen LogP contribution in [0.2, 0.25) is 0 Å². The summed E-state index contributed by atoms with van der Waals surface area (Å²) in [5, 5.41) is 0. The molecule has 6 rings (SSSR count). The second-order valence-electron chi connectivity index (χ2n) is 10.4. The van der Waals surface area contributed by atoms with Gasteiger partial charge in [-0.05, 0) is 36.7 Å². The van der Waals surface area contributed by atoms with Gasteiger partial charge >= 0.3 is 0 Å². The Morgan fingerprint density at radius 3 is 2.59 bits per heavy atom. The number of carbonyl (C=O) groups excluding carboxylic acids is 1. The van der Waals surface area contributed by atoms with Crippen LogP contribution in [-0.2, 0) is 37.3 Å². The molecular weight excluding hydrogens is 400 g/mol. The average molecular weight is 433 g/mol. The number of hydrogen-bond donors (Lipinski definition) is 0. The summed E-state index contributed by atoms with van der Waals surface area (Å²) in [7, 11) is 0. The van der Waals surface area contributed by atoms with Gasteiger partial charge in [-0.3, -0.25) is 19.1 Å². The van der Waals surface area contributed by atoms with E-state index in [1.807, 2.05) is 10.6 Å². The highest BCUT2D eigenvalue weighted by atomic mass is 16.2. The predicted molar refractivity (Wildman–Crippen MR) is 122 cm³/mol. The zero-order valence-corrected chi connectivity index (χ0v) is 18.8. The maximum atomic E-state index is 13.5. The summed E-state index contributed by atoms with van der Waals surface area (Å²) in [6, 6.07) is 10.5. The highest BCUT2D eigenvalue weighted by molar-refractivity contribution is 5.79. The van der Waals surface area contributed by atoms with Crippen LogP contribution in [-0.4, -0.2) is 44.9 Å². The monoisotopic (exact) mass is 432 g/mol. The van der Waals surface area contributed by atoms with Crippen LogP contribution in [0.25, 0.3) is 0 Å². The third-order valence-corrected chi connectivity index (χ3v) is 8.34. The van der Waals surface area contributed by atoms with E-state index >= 15 is 0 Å². The molecule has 168 valence electrons. The van der Waals surface area contributed by atoms with Crippen molar-refractivity contribution in [1.29, 1.82) is 0 Å². The van der Waals surface area contributed by atoms with Gasteiger partial charge in [0.2, 0.25) is 5.91 Å². The van der Waals surface area contributed by atoms with Gasteiger partial charge in [0.15, 0.2) is 0 Å². The molecule has 1 aromatic carbocycles. The number of carbonyl (C=O) groups is 1. The SMILES string of the molecule is O=C(C1CCC1)N1CCC2(CC1)Cc1nc3c(c(=O)n1C2)CN(Cc1ccccc1)CC3. The van der Waals surface area contributed by atoms with Crippen LogP contribution < -0.4 is 5.56 Å². The second kappa shape index (κ2) is 7.84. The molecule has 0 bridgehead atoms. The Hall–Kier alpha value is -2.47. The summed E-state index contributed by atoms with van der Waals surface area (Å²) < 4.78 is 1.97. The lowest BCUT2D eigenvalue weighted by molar-refractivity contribution is -0.140. The van der Waals surface area contributed by atoms with E-state index in [9.17, 15) is 9.59 Å². The van der Waals surface area contributed by atoms with E-state index in [2.05, 4.69) is 34.1 Å². The molecule has 1 aromatic heterocycles. The fourth-order valence-corrected chi connectivity index (χ4v) is 6.07. The van der Waals surface area contributed by atoms with Crippen molar-refractivity contribution in [2.24, 2.45) is 11.3 Å². The molecule has 1 spiro atoms. The van der Waals surface area contributed by atoms with E-state index in [1.165, 1.54) is 12.0 Å². The number of piperidine rings is 1. The lowest BCUT2D eigenvalue weighted by Gasteiger charge is -2.41. The van der Waals surface area contributed by atoms with Gasteiger partial charge < -0.3 is 4.90 Å². The summed E-state index contributed by atoms with van der Waals surface area (Å²) in [6.45, 7) is 4.95. The molecule has 4 aliphatic rings. The molecule has 4 heterocycles. The van der Waals surface area contributed by atoms with Gasteiger partial charge in [-0.25, -0.2) is 4.98 Å². The summed E-state index contributed by atoms with van der Waals surface area (Å²) in [5.41, 5.74) is 3.47. The fraction of sp³-hybridized carbons (Fsp3) is 0.577. The van der Waals surface area contributed by atoms with Crippen molar-refractivity contribution >= 4 is 5.91 Å². The first kappa shape index (κ1) is 20.2. The normalized spacial score (nSPS) is 22.4. The minimum absolute atomic E-state index is 0.100. The van der Waals surface area contributed by atoms with Crippen molar-refractivity contribution in [2.75, 3.05) is 19.6 Å². The highest BCUT2D eigenvalue weighted by Crippen LogP contribution is 2.41. The van der Waals surface area contributed by atoms with Gasteiger partial charge in [0, 0.05) is 58.0 Å². The van der Waals surface area contributed by atoms with Crippen LogP contribution in [0, 0.1) is 11.3 Å². The first-order chi connectivity index (χ1) is 15.6. The summed E-state index contributed by atoms with van der Waals surface area (Å²) in [4.78, 5) is 35.6. The summed E-state index contributed by atoms with van der Waals surface area (Å²) >= 11 is 0. The van der Waals surface area contributed by atoms with Gasteiger partial charge in [-0.1, -0.05) is 36.8 Å². The lowest BCUT2D eigenvalue weighted by atomic mass is 9.76. The smallest absolute Gasteiger partial charge is 0.258 e. The maximum Gasteiger partial charge on any atom is 0.258 e. The number of rotatable bonds is 3. The minimum Gasteiger partial charge on any atom is -0.342 e. The number of nitrogens with zero attached hydrogens (tertiary/aromatic N) is 4. The predicted octanol–water partition coefficient (Wildman–Crippen LogP) is 2.77. The number of hydrogen-bond acceptors (Lipinski definition) is 4. The van der Waals surface area contributed by atoms with E-state index in [1.54, 1.807) is 0 Å². The molecule has 0 N–H and O–H groups in total. The molecular formula is C26H32N4O2. The highest BCUT2D eigenvalue weighted by Gasteiger charge is 2.44. The van der Waals surface area contributed by atoms with Gasteiger partial charge in [0.1, 0.15) is 5.82 Å². The van der Waals surface area contributed by atoms with Crippen LogP contribution in [0.3, 0.4) is 0 Å². The number of amides is 1. The largest absolute Gasteiger partial charge is 0.342 e. The number of likely N-dealkylation sites (tertiary alicyclic amines) is 1. The van der Waals surface area contributed by atoms with E-state index in [-0.39, 0.29) is 16.9 Å². The fourth-order valence-electron chi connectivity index (χ4n) is 6.07. The zero-order valence-electron chi connectivity index (χ0n) is 18.8. The molecule has 1 saturated heterocycles. The van der Waals surface area contributed by atoms with Gasteiger partial charge in [-0.15, -0.1) is 0 Å². The molecule has 1 amide bonds. The molecule has 2 aromatic rings. The molecule has 0 atom stereocenters. The molecule has 0 radical (unpaired) electrons. The number of benzene rings is 1. The Balaban J connectivity index is 1.17. The Kier molecular flexibility index (Phi) is 4.94. The molecule has 2 fully saturated rings. The van der Waals surface area contributed by atoms with Crippen molar-refractivity contribution < 1.29 is 4.79 Å². The van der Waals surface area contributed by atoms with E-state index < -0.39 is 0 Å². The summed E-state index contributed by atoms with van der Waals surface area (Å²) in [6.07, 6.45) is 7.04. The average Bonchev–Trinajstić information content (AvgIpc) is 3.12. The van der Waals surface area contributed by atoms with Gasteiger partial charge in [-0.2, -0.15) is 0 Å². The van der Waals surface area contributed by atoms with Crippen LogP contribution >= 0.6 is 0 Å². The standard InChI is InChI=1S/C26H32N4O2/c31-24(20-7-4-8-20)29-13-10-26(11-14-29)15-23-27-22-9-12-28(16-19-5-2-1-3-6-19)17-21(22)25(32)30(23)18-26/h1-3,5-6,20H,4,7-18H2. The van der Waals surface area contributed by atoms with Crippen LogP contribution in [0.1, 0.15) is 54.7 Å². The molecule has 0 unspecified atom stereocenters. The van der Waals surface area contributed by atoms with E-state index in [4.69, 9.17) is 4.98 Å². The number of aromatic nitrogens is 2. The second-order valence-corrected chi connectivity index (χ2v) is 10.4. The first-order valence-corrected chi connectivity index (χ1v) is 12.3. The van der Waals surface area contributed by atoms with Crippen molar-refractivity contribution in [3.8, 4) is 0 Å². The Bertz CT molecular complexity index is 1080. The Labute approximate surface area is 189 Å². The molecule has 1 saturated carbocycles. The zero-order chi connectivity index (χ0) is 21.7. The van der Waals surface area contributed by atoms with Crippen molar-refractivity contribution in [1.82, 2.24) is 19.4 Å². The third-order valence-electron chi connectivity index (χ3n) is 8.34. The number of fused-ring (bicyclic) bond motifs is 2. The van der Waals surface area contributed by atoms with Crippen LogP contribution in [0.4, 0.5) is 0 Å². The molecule has 6 nitrogen and oxygen atoms in total. The molecule has 1 aliphatic carbocycles. The summed E-state index contributed by atoms with van der Waals surface area (Å²) in [5.74, 6) is 1.62. The maximum absolute atomic E-state index is 13.5. The Morgan fingerprint density at radius 1 is 1.09 bits per heavy atom. The Morgan fingerprint density at radius 2 is 1.88 bits per heavy atom. The van der Waals surface area contributed by atoms with Gasteiger partial charge in [0.05, 0.1) is 11.3 Å². The van der Waals surface area contributed by atoms with E-state index in [0.29, 0.717) is 12.5 Å². The third kappa shape index (κ3) is 3.49. The first-order valence-electron chi connectivity index (χ1n) is 12.3. The van der Waals surface area contributed by atoms with Crippen molar-refractivity contribution in [2.45, 2.75) is 64.6 Å². The van der Waals surface area contributed by atoms with Crippen LogP contribution in [0.15, 0.2) is 35.1 Å². The quantitative estimate of drug-likeness (QED) is 0.748. The van der Waals surface area contributed by atoms with Gasteiger partial charge in [0.25, 0.3) is 5.56 Å². The van der Waals surface area contributed by atoms with Crippen molar-refractivity contribution in [3.05, 3.63) is 63.3 Å². The van der Waals surface area contributed by atoms with Crippen molar-refractivity contribution in [3.63, 3.8) is 0 Å². The topological polar surface area (TPSA) is 58.4 Å². The molecule has 32 heavy (non-hydrogen) atoms.